The maximum atomic E-state index is 12.9. The summed E-state index contributed by atoms with van der Waals surface area (Å²) in [5, 5.41) is 13.1. The molecule has 0 aromatic heterocycles. The molecule has 3 N–H and O–H groups in total. The Morgan fingerprint density at radius 1 is 1.50 bits per heavy atom. The van der Waals surface area contributed by atoms with Crippen molar-refractivity contribution >= 4 is 45.2 Å². The molecule has 1 aromatic carbocycles. The zero-order valence-electron chi connectivity index (χ0n) is 9.13. The molecule has 0 aliphatic carbocycles. The summed E-state index contributed by atoms with van der Waals surface area (Å²) < 4.78 is 13.2. The highest BCUT2D eigenvalue weighted by atomic mass is 79.9. The lowest BCUT2D eigenvalue weighted by atomic mass is 10.3. The van der Waals surface area contributed by atoms with E-state index in [9.17, 15) is 14.0 Å². The number of halogens is 3. The first kappa shape index (κ1) is 14.7. The summed E-state index contributed by atoms with van der Waals surface area (Å²) in [6.45, 7) is 1.31. The standard InChI is InChI=1S/C10H9BrClFN2O3/c1-4(9(16)17)14-10(18)15-8-6(11)2-5(13)3-7(8)12/h2-4H,1H3,(H,16,17)(H2,14,15,18)/t4-/m0/s1. The van der Waals surface area contributed by atoms with Gasteiger partial charge in [-0.25, -0.2) is 9.18 Å². The molecular weight excluding hydrogens is 330 g/mol. The van der Waals surface area contributed by atoms with Gasteiger partial charge in [-0.05, 0) is 35.0 Å². The molecular formula is C10H9BrClFN2O3. The third kappa shape index (κ3) is 3.85. The largest absolute Gasteiger partial charge is 0.480 e. The molecule has 1 rings (SSSR count). The van der Waals surface area contributed by atoms with Crippen LogP contribution in [0.3, 0.4) is 0 Å². The van der Waals surface area contributed by atoms with Gasteiger partial charge in [0.05, 0.1) is 10.7 Å². The first-order chi connectivity index (χ1) is 8.31. The Kier molecular flexibility index (Phi) is 4.92. The van der Waals surface area contributed by atoms with Gasteiger partial charge in [0.25, 0.3) is 0 Å². The van der Waals surface area contributed by atoms with Gasteiger partial charge in [0.1, 0.15) is 11.9 Å². The van der Waals surface area contributed by atoms with E-state index in [2.05, 4.69) is 26.6 Å². The zero-order chi connectivity index (χ0) is 13.9. The van der Waals surface area contributed by atoms with Gasteiger partial charge in [-0.15, -0.1) is 0 Å². The molecule has 0 spiro atoms. The van der Waals surface area contributed by atoms with Crippen LogP contribution in [-0.2, 0) is 4.79 Å². The van der Waals surface area contributed by atoms with Crippen molar-refractivity contribution in [1.82, 2.24) is 5.32 Å². The smallest absolute Gasteiger partial charge is 0.325 e. The third-order valence-corrected chi connectivity index (χ3v) is 2.89. The van der Waals surface area contributed by atoms with E-state index in [4.69, 9.17) is 16.7 Å². The summed E-state index contributed by atoms with van der Waals surface area (Å²) in [6.07, 6.45) is 0. The van der Waals surface area contributed by atoms with Crippen molar-refractivity contribution in [3.05, 3.63) is 27.4 Å². The zero-order valence-corrected chi connectivity index (χ0v) is 11.5. The third-order valence-electron chi connectivity index (χ3n) is 1.96. The Morgan fingerprint density at radius 3 is 2.61 bits per heavy atom. The number of carbonyl (C=O) groups is 2. The van der Waals surface area contributed by atoms with Crippen LogP contribution in [0.5, 0.6) is 0 Å². The van der Waals surface area contributed by atoms with E-state index in [0.29, 0.717) is 0 Å². The van der Waals surface area contributed by atoms with E-state index in [1.807, 2.05) is 0 Å². The van der Waals surface area contributed by atoms with Gasteiger partial charge in [-0.1, -0.05) is 11.6 Å². The fraction of sp³-hybridized carbons (Fsp3) is 0.200. The van der Waals surface area contributed by atoms with Gasteiger partial charge < -0.3 is 15.7 Å². The highest BCUT2D eigenvalue weighted by Gasteiger charge is 2.16. The minimum atomic E-state index is -1.17. The van der Waals surface area contributed by atoms with E-state index in [-0.39, 0.29) is 15.2 Å². The normalized spacial score (nSPS) is 11.8. The topological polar surface area (TPSA) is 78.4 Å². The van der Waals surface area contributed by atoms with Crippen molar-refractivity contribution in [2.45, 2.75) is 13.0 Å². The van der Waals surface area contributed by atoms with Crippen LogP contribution in [0.4, 0.5) is 14.9 Å². The number of carboxylic acids is 1. The van der Waals surface area contributed by atoms with Crippen molar-refractivity contribution in [1.29, 1.82) is 0 Å². The molecule has 0 radical (unpaired) electrons. The maximum Gasteiger partial charge on any atom is 0.325 e. The average Bonchev–Trinajstić information content (AvgIpc) is 2.23. The predicted octanol–water partition coefficient (Wildman–Crippen LogP) is 2.84. The van der Waals surface area contributed by atoms with Gasteiger partial charge >= 0.3 is 12.0 Å². The maximum absolute atomic E-state index is 12.9. The van der Waals surface area contributed by atoms with Crippen molar-refractivity contribution in [2.75, 3.05) is 5.32 Å². The lowest BCUT2D eigenvalue weighted by Gasteiger charge is -2.13. The van der Waals surface area contributed by atoms with Crippen LogP contribution < -0.4 is 10.6 Å². The van der Waals surface area contributed by atoms with Gasteiger partial charge in [-0.3, -0.25) is 4.79 Å². The number of carbonyl (C=O) groups excluding carboxylic acids is 1. The number of hydrogen-bond acceptors (Lipinski definition) is 2. The molecule has 0 saturated heterocycles. The SMILES string of the molecule is C[C@H](NC(=O)Nc1c(Cl)cc(F)cc1Br)C(=O)O. The minimum absolute atomic E-state index is 0.00000283. The second-order valence-corrected chi connectivity index (χ2v) is 4.66. The second-order valence-electron chi connectivity index (χ2n) is 3.40. The molecule has 1 atom stereocenters. The summed E-state index contributed by atoms with van der Waals surface area (Å²) in [5.74, 6) is -1.73. The first-order valence-corrected chi connectivity index (χ1v) is 5.93. The molecule has 1 aromatic rings. The summed E-state index contributed by atoms with van der Waals surface area (Å²) in [6, 6.07) is 0.354. The number of aliphatic carboxylic acids is 1. The Morgan fingerprint density at radius 2 is 2.11 bits per heavy atom. The fourth-order valence-electron chi connectivity index (χ4n) is 1.07. The summed E-state index contributed by atoms with van der Waals surface area (Å²) in [7, 11) is 0. The predicted molar refractivity (Wildman–Crippen MR) is 68.4 cm³/mol. The fourth-order valence-corrected chi connectivity index (χ4v) is 1.97. The number of nitrogens with one attached hydrogen (secondary N) is 2. The van der Waals surface area contributed by atoms with Crippen molar-refractivity contribution in [2.24, 2.45) is 0 Å². The van der Waals surface area contributed by atoms with Crippen LogP contribution >= 0.6 is 27.5 Å². The number of urea groups is 1. The van der Waals surface area contributed by atoms with Crippen LogP contribution in [0.25, 0.3) is 0 Å². The Hall–Kier alpha value is -1.34. The van der Waals surface area contributed by atoms with Crippen LogP contribution in [0, 0.1) is 5.82 Å². The number of hydrogen-bond donors (Lipinski definition) is 3. The number of carboxylic acid groups (broad SMARTS) is 1. The second kappa shape index (κ2) is 6.01. The summed E-state index contributed by atoms with van der Waals surface area (Å²) >= 11 is 8.79. The number of rotatable bonds is 3. The molecule has 0 unspecified atom stereocenters. The quantitative estimate of drug-likeness (QED) is 0.792. The molecule has 0 heterocycles. The molecule has 5 nitrogen and oxygen atoms in total. The first-order valence-electron chi connectivity index (χ1n) is 4.76. The molecule has 2 amide bonds. The average molecular weight is 340 g/mol. The van der Waals surface area contributed by atoms with Crippen LogP contribution in [0.15, 0.2) is 16.6 Å². The van der Waals surface area contributed by atoms with Gasteiger partial charge in [0.2, 0.25) is 0 Å². The number of anilines is 1. The van der Waals surface area contributed by atoms with E-state index in [0.717, 1.165) is 12.1 Å². The number of benzene rings is 1. The highest BCUT2D eigenvalue weighted by Crippen LogP contribution is 2.31. The molecule has 0 aliphatic heterocycles. The molecule has 0 aliphatic rings. The summed E-state index contributed by atoms with van der Waals surface area (Å²) in [5.41, 5.74) is 0.160. The van der Waals surface area contributed by atoms with Crippen molar-refractivity contribution in [3.8, 4) is 0 Å². The van der Waals surface area contributed by atoms with Gasteiger partial charge in [-0.2, -0.15) is 0 Å². The molecule has 0 fully saturated rings. The lowest BCUT2D eigenvalue weighted by Crippen LogP contribution is -2.40. The summed E-state index contributed by atoms with van der Waals surface area (Å²) in [4.78, 5) is 22.0. The van der Waals surface area contributed by atoms with Gasteiger partial charge in [0, 0.05) is 4.47 Å². The molecule has 8 heteroatoms. The molecule has 98 valence electrons. The lowest BCUT2D eigenvalue weighted by molar-refractivity contribution is -0.138. The van der Waals surface area contributed by atoms with Crippen molar-refractivity contribution < 1.29 is 19.1 Å². The molecule has 0 bridgehead atoms. The van der Waals surface area contributed by atoms with Crippen LogP contribution in [0.1, 0.15) is 6.92 Å². The van der Waals surface area contributed by atoms with E-state index in [1.54, 1.807) is 0 Å². The Labute approximate surface area is 115 Å². The monoisotopic (exact) mass is 338 g/mol. The molecule has 18 heavy (non-hydrogen) atoms. The highest BCUT2D eigenvalue weighted by molar-refractivity contribution is 9.10. The van der Waals surface area contributed by atoms with Crippen molar-refractivity contribution in [3.63, 3.8) is 0 Å². The van der Waals surface area contributed by atoms with Crippen LogP contribution in [-0.4, -0.2) is 23.1 Å². The Bertz CT molecular complexity index is 475. The van der Waals surface area contributed by atoms with Gasteiger partial charge in [0.15, 0.2) is 0 Å². The van der Waals surface area contributed by atoms with E-state index < -0.39 is 23.9 Å². The molecule has 0 saturated carbocycles. The number of amides is 2. The minimum Gasteiger partial charge on any atom is -0.480 e. The van der Waals surface area contributed by atoms with E-state index >= 15 is 0 Å². The van der Waals surface area contributed by atoms with E-state index in [1.165, 1.54) is 6.92 Å². The van der Waals surface area contributed by atoms with Crippen LogP contribution in [0.2, 0.25) is 5.02 Å². The Balaban J connectivity index is 2.80.